The molecule has 4 unspecified atom stereocenters. The van der Waals surface area contributed by atoms with E-state index in [0.717, 1.165) is 90.3 Å². The quantitative estimate of drug-likeness (QED) is 0.0194. The number of rotatable bonds is 52. The van der Waals surface area contributed by atoms with E-state index in [4.69, 9.17) is 23.7 Å². The van der Waals surface area contributed by atoms with Gasteiger partial charge in [-0.1, -0.05) is 162 Å². The average Bonchev–Trinajstić information content (AvgIpc) is 3.57. The number of hydrogen-bond acceptors (Lipinski definition) is 9. The Kier molecular flexibility index (Phi) is 38.5. The zero-order valence-electron chi connectivity index (χ0n) is 50.1. The van der Waals surface area contributed by atoms with Gasteiger partial charge < -0.3 is 28.6 Å². The van der Waals surface area contributed by atoms with Crippen LogP contribution in [-0.2, 0) is 38.1 Å². The van der Waals surface area contributed by atoms with Gasteiger partial charge in [0.2, 0.25) is 0 Å². The van der Waals surface area contributed by atoms with Gasteiger partial charge in [0.1, 0.15) is 0 Å². The second-order valence-electron chi connectivity index (χ2n) is 24.5. The standard InChI is InChI=1S/C66H121NO8/c1-6-11-14-17-20-21-22-23-24-25-26-27-28-29-32-39-60(68)71-51-36-43-64-46-47-65(44-37-52-72-61(69)40-35-48-67(9-4)10-5)55-59(54-64)56-66(57-64,58-65)45-38-53-73-62(70)41-42-63(74-49-33-30-18-15-12-7-2)75-50-34-31-19-16-13-8-3/h23-24,59,63H,6-22,25-58H2,1-5H3/b24-23-. The van der Waals surface area contributed by atoms with Gasteiger partial charge in [0.05, 0.1) is 26.2 Å². The zero-order chi connectivity index (χ0) is 54.0. The van der Waals surface area contributed by atoms with Gasteiger partial charge in [0, 0.05) is 32.5 Å². The molecule has 438 valence electrons. The van der Waals surface area contributed by atoms with Gasteiger partial charge in [-0.25, -0.2) is 0 Å². The van der Waals surface area contributed by atoms with E-state index in [1.165, 1.54) is 180 Å². The monoisotopic (exact) mass is 1060 g/mol. The molecule has 4 saturated carbocycles. The van der Waals surface area contributed by atoms with Crippen LogP contribution in [0, 0.1) is 22.2 Å². The van der Waals surface area contributed by atoms with Crippen molar-refractivity contribution < 1.29 is 38.1 Å². The van der Waals surface area contributed by atoms with Crippen molar-refractivity contribution in [1.82, 2.24) is 4.90 Å². The summed E-state index contributed by atoms with van der Waals surface area (Å²) >= 11 is 0. The van der Waals surface area contributed by atoms with Crippen LogP contribution in [-0.4, -0.2) is 81.8 Å². The lowest BCUT2D eigenvalue weighted by molar-refractivity contribution is -0.159. The summed E-state index contributed by atoms with van der Waals surface area (Å²) in [5.41, 5.74) is 0.764. The molecule has 4 fully saturated rings. The maximum atomic E-state index is 13.3. The molecule has 9 nitrogen and oxygen atoms in total. The SMILES string of the molecule is CCCCCCCC/C=C\CCCCCCCC(=O)OCCCC12CCC3(CCCOC(=O)CCCN(CC)CC)CC(C1)CC(CCCOC(=O)CCC(OCCCCCCCC)OCCCCCCCC)(C2)C3. The first-order valence-electron chi connectivity index (χ1n) is 32.7. The third-order valence-corrected chi connectivity index (χ3v) is 17.8. The van der Waals surface area contributed by atoms with Crippen LogP contribution in [0.2, 0.25) is 0 Å². The largest absolute Gasteiger partial charge is 0.466 e. The van der Waals surface area contributed by atoms with Crippen LogP contribution in [0.15, 0.2) is 12.2 Å². The second kappa shape index (κ2) is 42.9. The maximum absolute atomic E-state index is 13.3. The van der Waals surface area contributed by atoms with Gasteiger partial charge >= 0.3 is 17.9 Å². The Morgan fingerprint density at radius 3 is 1.29 bits per heavy atom. The Morgan fingerprint density at radius 1 is 0.440 bits per heavy atom. The van der Waals surface area contributed by atoms with Crippen LogP contribution in [0.4, 0.5) is 0 Å². The number of unbranched alkanes of at least 4 members (excludes halogenated alkanes) is 21. The lowest BCUT2D eigenvalue weighted by Gasteiger charge is -2.56. The Hall–Kier alpha value is -1.97. The molecule has 4 aliphatic rings. The molecule has 0 N–H and O–H groups in total. The van der Waals surface area contributed by atoms with Gasteiger partial charge in [-0.05, 0) is 177 Å². The Labute approximate surface area is 463 Å². The molecule has 0 amide bonds. The third-order valence-electron chi connectivity index (χ3n) is 17.8. The van der Waals surface area contributed by atoms with Crippen molar-refractivity contribution in [2.75, 3.05) is 52.7 Å². The summed E-state index contributed by atoms with van der Waals surface area (Å²) in [5, 5.41) is 0. The van der Waals surface area contributed by atoms with Crippen molar-refractivity contribution in [3.8, 4) is 0 Å². The highest BCUT2D eigenvalue weighted by Gasteiger charge is 2.58. The van der Waals surface area contributed by atoms with Crippen molar-refractivity contribution in [2.24, 2.45) is 22.2 Å². The van der Waals surface area contributed by atoms with Crippen molar-refractivity contribution in [2.45, 2.75) is 317 Å². The van der Waals surface area contributed by atoms with E-state index < -0.39 is 0 Å². The van der Waals surface area contributed by atoms with Gasteiger partial charge in [-0.2, -0.15) is 0 Å². The molecular weight excluding hydrogens is 935 g/mol. The van der Waals surface area contributed by atoms with Crippen LogP contribution >= 0.6 is 0 Å². The number of ether oxygens (including phenoxy) is 5. The minimum atomic E-state index is -0.353. The fraction of sp³-hybridized carbons (Fsp3) is 0.924. The molecule has 0 heterocycles. The Balaban J connectivity index is 1.48. The summed E-state index contributed by atoms with van der Waals surface area (Å²) in [6.07, 6.45) is 52.8. The predicted octanol–water partition coefficient (Wildman–Crippen LogP) is 18.3. The topological polar surface area (TPSA) is 101 Å². The van der Waals surface area contributed by atoms with Gasteiger partial charge in [-0.15, -0.1) is 0 Å². The molecule has 0 radical (unpaired) electrons. The molecule has 4 aliphatic carbocycles. The van der Waals surface area contributed by atoms with Crippen molar-refractivity contribution in [3.05, 3.63) is 12.2 Å². The van der Waals surface area contributed by atoms with E-state index in [2.05, 4.69) is 51.7 Å². The van der Waals surface area contributed by atoms with Gasteiger partial charge in [0.15, 0.2) is 6.29 Å². The molecule has 4 atom stereocenters. The van der Waals surface area contributed by atoms with E-state index in [0.29, 0.717) is 64.6 Å². The summed E-state index contributed by atoms with van der Waals surface area (Å²) in [4.78, 5) is 41.2. The number of esters is 3. The lowest BCUT2D eigenvalue weighted by Crippen LogP contribution is -2.45. The molecule has 4 rings (SSSR count). The number of fused-ring (bicyclic) bond motifs is 1. The molecule has 0 aromatic heterocycles. The average molecular weight is 1060 g/mol. The van der Waals surface area contributed by atoms with Crippen LogP contribution in [0.1, 0.15) is 311 Å². The van der Waals surface area contributed by atoms with Crippen molar-refractivity contribution >= 4 is 17.9 Å². The fourth-order valence-corrected chi connectivity index (χ4v) is 13.9. The van der Waals surface area contributed by atoms with E-state index in [-0.39, 0.29) is 40.4 Å². The minimum absolute atomic E-state index is 0.0266. The number of allylic oxidation sites excluding steroid dienone is 2. The lowest BCUT2D eigenvalue weighted by atomic mass is 9.49. The van der Waals surface area contributed by atoms with Crippen molar-refractivity contribution in [1.29, 1.82) is 0 Å². The first kappa shape index (κ1) is 67.3. The molecule has 0 spiro atoms. The molecule has 75 heavy (non-hydrogen) atoms. The summed E-state index contributed by atoms with van der Waals surface area (Å²) in [6, 6.07) is 0. The van der Waals surface area contributed by atoms with Crippen LogP contribution in [0.25, 0.3) is 0 Å². The highest BCUT2D eigenvalue weighted by molar-refractivity contribution is 5.70. The van der Waals surface area contributed by atoms with E-state index in [1.807, 2.05) is 0 Å². The molecule has 0 aliphatic heterocycles. The van der Waals surface area contributed by atoms with E-state index in [1.54, 1.807) is 0 Å². The first-order chi connectivity index (χ1) is 36.6. The smallest absolute Gasteiger partial charge is 0.305 e. The number of carbonyl (C=O) groups excluding carboxylic acids is 3. The predicted molar refractivity (Wildman–Crippen MR) is 312 cm³/mol. The Morgan fingerprint density at radius 2 is 0.827 bits per heavy atom. The number of carbonyl (C=O) groups is 3. The minimum Gasteiger partial charge on any atom is -0.466 e. The zero-order valence-corrected chi connectivity index (χ0v) is 50.1. The summed E-state index contributed by atoms with van der Waals surface area (Å²) in [5.74, 6) is 0.464. The number of hydrogen-bond donors (Lipinski definition) is 0. The van der Waals surface area contributed by atoms with E-state index >= 15 is 0 Å². The molecule has 0 aromatic rings. The summed E-state index contributed by atoms with van der Waals surface area (Å²) < 4.78 is 30.2. The summed E-state index contributed by atoms with van der Waals surface area (Å²) in [6.45, 7) is 17.0. The van der Waals surface area contributed by atoms with Gasteiger partial charge in [-0.3, -0.25) is 14.4 Å². The van der Waals surface area contributed by atoms with Gasteiger partial charge in [0.25, 0.3) is 0 Å². The van der Waals surface area contributed by atoms with E-state index in [9.17, 15) is 14.4 Å². The highest BCUT2D eigenvalue weighted by Crippen LogP contribution is 2.69. The summed E-state index contributed by atoms with van der Waals surface area (Å²) in [7, 11) is 0. The number of nitrogens with zero attached hydrogens (tertiary/aromatic N) is 1. The second-order valence-corrected chi connectivity index (χ2v) is 24.5. The molecular formula is C66H121NO8. The molecule has 4 bridgehead atoms. The highest BCUT2D eigenvalue weighted by atomic mass is 16.7. The maximum Gasteiger partial charge on any atom is 0.305 e. The first-order valence-corrected chi connectivity index (χ1v) is 32.7. The normalized spacial score (nSPS) is 21.2. The Bertz CT molecular complexity index is 1430. The fourth-order valence-electron chi connectivity index (χ4n) is 13.9. The van der Waals surface area contributed by atoms with Crippen LogP contribution < -0.4 is 0 Å². The molecule has 0 saturated heterocycles. The van der Waals surface area contributed by atoms with Crippen LogP contribution in [0.3, 0.4) is 0 Å². The van der Waals surface area contributed by atoms with Crippen LogP contribution in [0.5, 0.6) is 0 Å². The molecule has 9 heteroatoms. The van der Waals surface area contributed by atoms with Crippen molar-refractivity contribution in [3.63, 3.8) is 0 Å². The molecule has 0 aromatic carbocycles. The third kappa shape index (κ3) is 31.4.